The summed E-state index contributed by atoms with van der Waals surface area (Å²) in [5.41, 5.74) is 3.81. The Morgan fingerprint density at radius 2 is 1.72 bits per heavy atom. The second-order valence-corrected chi connectivity index (χ2v) is 5.79. The number of aryl methyl sites for hydroxylation is 2. The highest BCUT2D eigenvalue weighted by atomic mass is 16.6. The molecule has 0 bridgehead atoms. The first-order valence-corrected chi connectivity index (χ1v) is 7.93. The molecule has 1 heterocycles. The highest BCUT2D eigenvalue weighted by molar-refractivity contribution is 5.89. The van der Waals surface area contributed by atoms with E-state index in [0.717, 1.165) is 27.7 Å². The molecule has 3 aromatic rings. The summed E-state index contributed by atoms with van der Waals surface area (Å²) < 4.78 is 21.6. The van der Waals surface area contributed by atoms with E-state index in [1.807, 2.05) is 26.0 Å². The number of methoxy groups -OCH3 is 2. The molecule has 0 saturated heterocycles. The number of hydrogen-bond donors (Lipinski definition) is 0. The number of rotatable bonds is 5. The molecule has 2 aromatic carbocycles. The molecule has 0 spiro atoms. The number of fused-ring (bicyclic) bond motifs is 1. The fourth-order valence-electron chi connectivity index (χ4n) is 2.75. The minimum Gasteiger partial charge on any atom is -0.493 e. The van der Waals surface area contributed by atoms with Crippen LogP contribution >= 0.6 is 0 Å². The lowest BCUT2D eigenvalue weighted by atomic mass is 10.0. The first kappa shape index (κ1) is 16.9. The van der Waals surface area contributed by atoms with Crippen molar-refractivity contribution in [3.63, 3.8) is 0 Å². The van der Waals surface area contributed by atoms with Gasteiger partial charge in [-0.05, 0) is 37.1 Å². The first-order chi connectivity index (χ1) is 12.0. The fraction of sp³-hybridized carbons (Fsp3) is 0.250. The topological polar surface area (TPSA) is 57.9 Å². The van der Waals surface area contributed by atoms with Crippen molar-refractivity contribution >= 4 is 16.9 Å². The number of benzene rings is 2. The molecule has 0 atom stereocenters. The van der Waals surface area contributed by atoms with Crippen LogP contribution in [0.15, 0.2) is 41.0 Å². The van der Waals surface area contributed by atoms with Crippen LogP contribution in [0.25, 0.3) is 11.0 Å². The lowest BCUT2D eigenvalue weighted by Crippen LogP contribution is -2.12. The Hall–Kier alpha value is -2.95. The summed E-state index contributed by atoms with van der Waals surface area (Å²) in [7, 11) is 3.03. The smallest absolute Gasteiger partial charge is 0.316 e. The number of furan rings is 1. The van der Waals surface area contributed by atoms with E-state index in [1.54, 1.807) is 24.5 Å². The number of carbonyl (C=O) groups excluding carboxylic acids is 1. The zero-order valence-corrected chi connectivity index (χ0v) is 14.7. The number of para-hydroxylation sites is 1. The normalized spacial score (nSPS) is 10.7. The Kier molecular flexibility index (Phi) is 4.65. The van der Waals surface area contributed by atoms with Gasteiger partial charge in [0.1, 0.15) is 5.58 Å². The van der Waals surface area contributed by atoms with Gasteiger partial charge in [-0.1, -0.05) is 18.2 Å². The number of carbonyl (C=O) groups is 1. The van der Waals surface area contributed by atoms with Crippen LogP contribution in [0.1, 0.15) is 16.7 Å². The van der Waals surface area contributed by atoms with Gasteiger partial charge < -0.3 is 18.6 Å². The summed E-state index contributed by atoms with van der Waals surface area (Å²) >= 11 is 0. The van der Waals surface area contributed by atoms with Crippen LogP contribution in [0.3, 0.4) is 0 Å². The van der Waals surface area contributed by atoms with Crippen LogP contribution in [-0.2, 0) is 11.2 Å². The van der Waals surface area contributed by atoms with Crippen molar-refractivity contribution in [2.24, 2.45) is 0 Å². The molecule has 0 fully saturated rings. The predicted octanol–water partition coefficient (Wildman–Crippen LogP) is 4.21. The van der Waals surface area contributed by atoms with Crippen molar-refractivity contribution in [3.8, 4) is 17.2 Å². The van der Waals surface area contributed by atoms with Crippen molar-refractivity contribution in [1.29, 1.82) is 0 Å². The summed E-state index contributed by atoms with van der Waals surface area (Å²) in [5, 5.41) is 0.923. The molecule has 0 aliphatic carbocycles. The van der Waals surface area contributed by atoms with Crippen molar-refractivity contribution in [1.82, 2.24) is 0 Å². The Morgan fingerprint density at radius 1 is 1.04 bits per heavy atom. The zero-order valence-electron chi connectivity index (χ0n) is 14.7. The van der Waals surface area contributed by atoms with Crippen LogP contribution in [-0.4, -0.2) is 20.2 Å². The maximum absolute atomic E-state index is 12.4. The van der Waals surface area contributed by atoms with Gasteiger partial charge in [0.25, 0.3) is 0 Å². The summed E-state index contributed by atoms with van der Waals surface area (Å²) in [6.07, 6.45) is 1.70. The summed E-state index contributed by atoms with van der Waals surface area (Å²) in [5.74, 6) is 0.744. The largest absolute Gasteiger partial charge is 0.493 e. The van der Waals surface area contributed by atoms with Crippen LogP contribution in [0.4, 0.5) is 0 Å². The molecule has 5 nitrogen and oxygen atoms in total. The highest BCUT2D eigenvalue weighted by Gasteiger charge is 2.18. The van der Waals surface area contributed by atoms with Gasteiger partial charge >= 0.3 is 5.97 Å². The van der Waals surface area contributed by atoms with E-state index in [4.69, 9.17) is 18.6 Å². The molecule has 0 radical (unpaired) electrons. The molecule has 5 heteroatoms. The average Bonchev–Trinajstić information content (AvgIpc) is 3.01. The minimum atomic E-state index is -0.413. The molecule has 130 valence electrons. The lowest BCUT2D eigenvalue weighted by molar-refractivity contribution is -0.133. The fourth-order valence-corrected chi connectivity index (χ4v) is 2.75. The highest BCUT2D eigenvalue weighted by Crippen LogP contribution is 2.37. The Morgan fingerprint density at radius 3 is 2.36 bits per heavy atom. The third kappa shape index (κ3) is 3.18. The maximum atomic E-state index is 12.4. The van der Waals surface area contributed by atoms with Gasteiger partial charge in [0.2, 0.25) is 5.75 Å². The summed E-state index contributed by atoms with van der Waals surface area (Å²) in [6.45, 7) is 4.03. The predicted molar refractivity (Wildman–Crippen MR) is 94.6 cm³/mol. The monoisotopic (exact) mass is 340 g/mol. The quantitative estimate of drug-likeness (QED) is 0.514. The van der Waals surface area contributed by atoms with E-state index in [1.165, 1.54) is 14.2 Å². The molecule has 3 rings (SSSR count). The number of hydrogen-bond acceptors (Lipinski definition) is 5. The van der Waals surface area contributed by atoms with E-state index in [2.05, 4.69) is 0 Å². The summed E-state index contributed by atoms with van der Waals surface area (Å²) in [6, 6.07) is 9.18. The van der Waals surface area contributed by atoms with Crippen molar-refractivity contribution in [3.05, 3.63) is 53.3 Å². The van der Waals surface area contributed by atoms with Crippen molar-refractivity contribution in [2.75, 3.05) is 14.2 Å². The first-order valence-electron chi connectivity index (χ1n) is 7.93. The zero-order chi connectivity index (χ0) is 18.0. The second-order valence-electron chi connectivity index (χ2n) is 5.79. The van der Waals surface area contributed by atoms with Crippen LogP contribution in [0, 0.1) is 13.8 Å². The molecular formula is C20H20O5. The van der Waals surface area contributed by atoms with Gasteiger partial charge in [0.05, 0.1) is 26.9 Å². The molecule has 0 aliphatic heterocycles. The molecular weight excluding hydrogens is 320 g/mol. The molecule has 25 heavy (non-hydrogen) atoms. The van der Waals surface area contributed by atoms with E-state index >= 15 is 0 Å². The van der Waals surface area contributed by atoms with Crippen molar-refractivity contribution < 1.29 is 23.4 Å². The molecule has 0 saturated carbocycles. The van der Waals surface area contributed by atoms with E-state index in [-0.39, 0.29) is 12.2 Å². The number of ether oxygens (including phenoxy) is 3. The van der Waals surface area contributed by atoms with E-state index in [9.17, 15) is 4.79 Å². The van der Waals surface area contributed by atoms with Gasteiger partial charge in [-0.2, -0.15) is 0 Å². The van der Waals surface area contributed by atoms with Crippen LogP contribution in [0.2, 0.25) is 0 Å². The van der Waals surface area contributed by atoms with Gasteiger partial charge in [0.15, 0.2) is 11.5 Å². The maximum Gasteiger partial charge on any atom is 0.316 e. The standard InChI is InChI=1S/C20H20O5/c1-12-8-9-15-14(11-24-19(15)13(12)2)10-18(21)25-20-16(22-3)6-5-7-17(20)23-4/h5-9,11H,10H2,1-4H3. The van der Waals surface area contributed by atoms with Gasteiger partial charge in [0, 0.05) is 10.9 Å². The Bertz CT molecular complexity index is 901. The molecule has 0 unspecified atom stereocenters. The molecule has 0 N–H and O–H groups in total. The molecule has 0 aliphatic rings. The van der Waals surface area contributed by atoms with Gasteiger partial charge in [-0.25, -0.2) is 0 Å². The van der Waals surface area contributed by atoms with Gasteiger partial charge in [-0.3, -0.25) is 4.79 Å². The third-order valence-electron chi connectivity index (χ3n) is 4.28. The molecule has 0 amide bonds. The SMILES string of the molecule is COc1cccc(OC)c1OC(=O)Cc1coc2c(C)c(C)ccc12. The second kappa shape index (κ2) is 6.89. The van der Waals surface area contributed by atoms with Gasteiger partial charge in [-0.15, -0.1) is 0 Å². The Balaban J connectivity index is 1.86. The average molecular weight is 340 g/mol. The Labute approximate surface area is 146 Å². The van der Waals surface area contributed by atoms with Crippen LogP contribution < -0.4 is 14.2 Å². The number of esters is 1. The summed E-state index contributed by atoms with van der Waals surface area (Å²) in [4.78, 5) is 12.4. The third-order valence-corrected chi connectivity index (χ3v) is 4.28. The lowest BCUT2D eigenvalue weighted by Gasteiger charge is -2.12. The molecule has 1 aromatic heterocycles. The van der Waals surface area contributed by atoms with Crippen LogP contribution in [0.5, 0.6) is 17.2 Å². The van der Waals surface area contributed by atoms with E-state index < -0.39 is 5.97 Å². The van der Waals surface area contributed by atoms with Crippen molar-refractivity contribution in [2.45, 2.75) is 20.3 Å². The minimum absolute atomic E-state index is 0.0940. The van der Waals surface area contributed by atoms with E-state index in [0.29, 0.717) is 11.5 Å².